The third-order valence-corrected chi connectivity index (χ3v) is 5.48. The molecule has 7 heteroatoms. The van der Waals surface area contributed by atoms with E-state index in [1.165, 1.54) is 6.92 Å². The summed E-state index contributed by atoms with van der Waals surface area (Å²) in [5.74, 6) is -0.612. The molecule has 0 heterocycles. The maximum Gasteiger partial charge on any atom is 0.196 e. The molecule has 0 spiro atoms. The van der Waals surface area contributed by atoms with Crippen molar-refractivity contribution in [2.24, 2.45) is 0 Å². The van der Waals surface area contributed by atoms with Crippen molar-refractivity contribution in [3.8, 4) is 0 Å². The quantitative estimate of drug-likeness (QED) is 0.375. The fourth-order valence-corrected chi connectivity index (χ4v) is 4.04. The van der Waals surface area contributed by atoms with Crippen LogP contribution in [0, 0.1) is 0 Å². The molecule has 0 aliphatic heterocycles. The van der Waals surface area contributed by atoms with Gasteiger partial charge < -0.3 is 16.4 Å². The van der Waals surface area contributed by atoms with E-state index in [4.69, 9.17) is 5.73 Å². The molecule has 0 unspecified atom stereocenters. The predicted molar refractivity (Wildman–Crippen MR) is 121 cm³/mol. The first kappa shape index (κ1) is 19.8. The van der Waals surface area contributed by atoms with Gasteiger partial charge in [0.15, 0.2) is 11.6 Å². The Morgan fingerprint density at radius 1 is 0.967 bits per heavy atom. The molecule has 150 valence electrons. The number of nitrogen functional groups attached to an aromatic ring is 1. The number of hydrogen-bond acceptors (Lipinski definition) is 6. The maximum atomic E-state index is 13.4. The average Bonchev–Trinajstić information content (AvgIpc) is 2.72. The number of nitrogens with two attached hydrogens (primary N) is 1. The number of carbonyl (C=O) groups excluding carboxylic acids is 3. The topological polar surface area (TPSA) is 101 Å². The van der Waals surface area contributed by atoms with Gasteiger partial charge in [-0.15, -0.1) is 0 Å². The molecule has 0 saturated carbocycles. The van der Waals surface area contributed by atoms with Crippen LogP contribution in [0.3, 0.4) is 0 Å². The Bertz CT molecular complexity index is 1200. The summed E-state index contributed by atoms with van der Waals surface area (Å²) in [4.78, 5) is 38.3. The Kier molecular flexibility index (Phi) is 5.13. The molecule has 0 bridgehead atoms. The molecular weight excluding hydrogens is 446 g/mol. The van der Waals surface area contributed by atoms with Gasteiger partial charge in [0.05, 0.1) is 29.0 Å². The summed E-state index contributed by atoms with van der Waals surface area (Å²) in [5.41, 5.74) is 9.23. The van der Waals surface area contributed by atoms with Crippen molar-refractivity contribution in [1.82, 2.24) is 0 Å². The van der Waals surface area contributed by atoms with Gasteiger partial charge in [-0.1, -0.05) is 24.3 Å². The van der Waals surface area contributed by atoms with E-state index in [0.717, 1.165) is 5.69 Å². The Morgan fingerprint density at radius 2 is 1.57 bits per heavy atom. The van der Waals surface area contributed by atoms with Crippen molar-refractivity contribution in [3.63, 3.8) is 0 Å². The molecule has 30 heavy (non-hydrogen) atoms. The molecule has 1 aliphatic carbocycles. The summed E-state index contributed by atoms with van der Waals surface area (Å²) in [6.07, 6.45) is 0. The number of halogens is 1. The van der Waals surface area contributed by atoms with Crippen LogP contribution >= 0.6 is 15.9 Å². The molecule has 0 aromatic heterocycles. The van der Waals surface area contributed by atoms with Gasteiger partial charge in [-0.2, -0.15) is 0 Å². The van der Waals surface area contributed by atoms with Crippen LogP contribution in [0.4, 0.5) is 22.7 Å². The highest BCUT2D eigenvalue weighted by molar-refractivity contribution is 9.10. The first-order valence-corrected chi connectivity index (χ1v) is 10.1. The van der Waals surface area contributed by atoms with Gasteiger partial charge in [-0.05, 0) is 53.2 Å². The molecule has 4 rings (SSSR count). The molecule has 0 amide bonds. The Labute approximate surface area is 181 Å². The second kappa shape index (κ2) is 7.76. The molecule has 1 aliphatic rings. The highest BCUT2D eigenvalue weighted by atomic mass is 79.9. The molecule has 3 aromatic rings. The SMILES string of the molecule is CC(=O)CNc1c(Br)cc(Nc2ccc(N)cc2)c2c1C(=O)c1ccccc1C2=O. The maximum absolute atomic E-state index is 13.4. The number of carbonyl (C=O) groups is 3. The second-order valence-electron chi connectivity index (χ2n) is 7.04. The van der Waals surface area contributed by atoms with E-state index in [-0.39, 0.29) is 35.0 Å². The molecule has 0 fully saturated rings. The predicted octanol–water partition coefficient (Wildman–Crippen LogP) is 4.55. The zero-order valence-corrected chi connectivity index (χ0v) is 17.7. The normalized spacial score (nSPS) is 12.2. The van der Waals surface area contributed by atoms with Gasteiger partial charge in [0.25, 0.3) is 0 Å². The van der Waals surface area contributed by atoms with Gasteiger partial charge in [-0.3, -0.25) is 14.4 Å². The largest absolute Gasteiger partial charge is 0.399 e. The van der Waals surface area contributed by atoms with Crippen LogP contribution < -0.4 is 16.4 Å². The van der Waals surface area contributed by atoms with Crippen LogP contribution in [0.5, 0.6) is 0 Å². The Hall–Kier alpha value is -3.45. The summed E-state index contributed by atoms with van der Waals surface area (Å²) in [6.45, 7) is 1.49. The van der Waals surface area contributed by atoms with Crippen molar-refractivity contribution in [1.29, 1.82) is 0 Å². The number of nitrogens with one attached hydrogen (secondary N) is 2. The lowest BCUT2D eigenvalue weighted by atomic mass is 9.82. The number of rotatable bonds is 5. The van der Waals surface area contributed by atoms with E-state index >= 15 is 0 Å². The fourth-order valence-electron chi connectivity index (χ4n) is 3.47. The Balaban J connectivity index is 1.92. The minimum atomic E-state index is -0.270. The zero-order valence-electron chi connectivity index (χ0n) is 16.1. The standard InChI is InChI=1S/C23H18BrN3O3/c1-12(28)11-26-21-17(24)10-18(27-14-8-6-13(25)7-9-14)19-20(21)23(30)16-5-3-2-4-15(16)22(19)29/h2-10,26-27H,11,25H2,1H3. The first-order chi connectivity index (χ1) is 14.4. The van der Waals surface area contributed by atoms with E-state index in [1.54, 1.807) is 54.6 Å². The second-order valence-corrected chi connectivity index (χ2v) is 7.89. The third kappa shape index (κ3) is 3.48. The van der Waals surface area contributed by atoms with Crippen LogP contribution in [0.25, 0.3) is 0 Å². The molecule has 0 atom stereocenters. The summed E-state index contributed by atoms with van der Waals surface area (Å²) < 4.78 is 0.570. The monoisotopic (exact) mass is 463 g/mol. The van der Waals surface area contributed by atoms with Crippen molar-refractivity contribution in [3.05, 3.63) is 81.3 Å². The van der Waals surface area contributed by atoms with Crippen LogP contribution in [0.2, 0.25) is 0 Å². The number of Topliss-reactive ketones (excluding diaryl/α,β-unsaturated/α-hetero) is 1. The number of ketones is 3. The molecule has 0 radical (unpaired) electrons. The lowest BCUT2D eigenvalue weighted by Gasteiger charge is -2.25. The van der Waals surface area contributed by atoms with Gasteiger partial charge in [-0.25, -0.2) is 0 Å². The number of hydrogen-bond donors (Lipinski definition) is 3. The van der Waals surface area contributed by atoms with E-state index < -0.39 is 0 Å². The molecule has 4 N–H and O–H groups in total. The smallest absolute Gasteiger partial charge is 0.196 e. The molecular formula is C23H18BrN3O3. The number of fused-ring (bicyclic) bond motifs is 2. The zero-order chi connectivity index (χ0) is 21.4. The molecule has 6 nitrogen and oxygen atoms in total. The molecule has 3 aromatic carbocycles. The fraction of sp³-hybridized carbons (Fsp3) is 0.0870. The van der Waals surface area contributed by atoms with Crippen molar-refractivity contribution < 1.29 is 14.4 Å². The minimum Gasteiger partial charge on any atom is -0.399 e. The van der Waals surface area contributed by atoms with E-state index in [0.29, 0.717) is 32.7 Å². The van der Waals surface area contributed by atoms with Crippen molar-refractivity contribution in [2.45, 2.75) is 6.92 Å². The third-order valence-electron chi connectivity index (χ3n) is 4.85. The van der Waals surface area contributed by atoms with Gasteiger partial charge in [0.1, 0.15) is 5.78 Å². The van der Waals surface area contributed by atoms with Crippen molar-refractivity contribution in [2.75, 3.05) is 22.9 Å². The first-order valence-electron chi connectivity index (χ1n) is 9.27. The van der Waals surface area contributed by atoms with Gasteiger partial charge >= 0.3 is 0 Å². The summed E-state index contributed by atoms with van der Waals surface area (Å²) >= 11 is 3.49. The van der Waals surface area contributed by atoms with Crippen LogP contribution in [-0.2, 0) is 4.79 Å². The van der Waals surface area contributed by atoms with Crippen LogP contribution in [0.1, 0.15) is 38.8 Å². The summed E-state index contributed by atoms with van der Waals surface area (Å²) in [7, 11) is 0. The minimum absolute atomic E-state index is 0.0406. The lowest BCUT2D eigenvalue weighted by Crippen LogP contribution is -2.25. The van der Waals surface area contributed by atoms with Crippen LogP contribution in [-0.4, -0.2) is 23.9 Å². The highest BCUT2D eigenvalue weighted by Gasteiger charge is 2.35. The van der Waals surface area contributed by atoms with E-state index in [9.17, 15) is 14.4 Å². The van der Waals surface area contributed by atoms with Gasteiger partial charge in [0.2, 0.25) is 0 Å². The number of anilines is 4. The van der Waals surface area contributed by atoms with Crippen LogP contribution in [0.15, 0.2) is 59.1 Å². The van der Waals surface area contributed by atoms with E-state index in [2.05, 4.69) is 26.6 Å². The molecule has 0 saturated heterocycles. The van der Waals surface area contributed by atoms with Gasteiger partial charge in [0, 0.05) is 27.0 Å². The number of benzene rings is 3. The Morgan fingerprint density at radius 3 is 2.17 bits per heavy atom. The van der Waals surface area contributed by atoms with Crippen molar-refractivity contribution >= 4 is 56.0 Å². The summed E-state index contributed by atoms with van der Waals surface area (Å²) in [5, 5.41) is 6.23. The average molecular weight is 464 g/mol. The highest BCUT2D eigenvalue weighted by Crippen LogP contribution is 2.41. The lowest BCUT2D eigenvalue weighted by molar-refractivity contribution is -0.115. The van der Waals surface area contributed by atoms with E-state index in [1.807, 2.05) is 0 Å². The summed E-state index contributed by atoms with van der Waals surface area (Å²) in [6, 6.07) is 15.6.